The number of aliphatic hydroxyl groups excluding tert-OH is 1. The molecule has 4 aromatic carbocycles. The van der Waals surface area contributed by atoms with Gasteiger partial charge in [0.25, 0.3) is 11.6 Å². The summed E-state index contributed by atoms with van der Waals surface area (Å²) in [6.07, 6.45) is 3.04. The number of carbonyl (C=O) groups is 1. The van der Waals surface area contributed by atoms with Crippen molar-refractivity contribution < 1.29 is 19.2 Å². The van der Waals surface area contributed by atoms with Gasteiger partial charge >= 0.3 is 0 Å². The third-order valence-corrected chi connectivity index (χ3v) is 13.7. The third-order valence-electron chi connectivity index (χ3n) is 12.9. The van der Waals surface area contributed by atoms with E-state index in [1.807, 2.05) is 57.8 Å². The first-order valence-electron chi connectivity index (χ1n) is 23.5. The van der Waals surface area contributed by atoms with Crippen molar-refractivity contribution in [2.24, 2.45) is 7.05 Å². The number of amides is 1. The van der Waals surface area contributed by atoms with Gasteiger partial charge in [-0.3, -0.25) is 14.9 Å². The maximum absolute atomic E-state index is 14.1. The molecule has 16 heteroatoms. The van der Waals surface area contributed by atoms with Crippen molar-refractivity contribution in [3.63, 3.8) is 0 Å². The highest BCUT2D eigenvalue weighted by molar-refractivity contribution is 8.00. The number of likely N-dealkylation sites (tertiary alicyclic amines) is 1. The van der Waals surface area contributed by atoms with Crippen LogP contribution in [0.15, 0.2) is 95.9 Å². The number of hydrogen-bond donors (Lipinski definition) is 5. The lowest BCUT2D eigenvalue weighted by molar-refractivity contribution is -0.384. The fraction of sp³-hybridized carbons (Fsp3) is 0.431. The smallest absolute Gasteiger partial charge is 0.293 e. The number of likely N-dealkylation sites (N-methyl/N-ethyl adjacent to an activating group) is 1. The van der Waals surface area contributed by atoms with Crippen molar-refractivity contribution in [1.82, 2.24) is 25.0 Å². The minimum atomic E-state index is -0.334. The van der Waals surface area contributed by atoms with Crippen LogP contribution in [0, 0.1) is 22.9 Å². The Morgan fingerprint density at radius 1 is 0.896 bits per heavy atom. The van der Waals surface area contributed by atoms with Crippen LogP contribution in [0.3, 0.4) is 0 Å². The van der Waals surface area contributed by atoms with Crippen LogP contribution in [-0.4, -0.2) is 129 Å². The lowest BCUT2D eigenvalue weighted by Gasteiger charge is -2.37. The third kappa shape index (κ3) is 13.1. The zero-order valence-electron chi connectivity index (χ0n) is 39.6. The Morgan fingerprint density at radius 2 is 1.60 bits per heavy atom. The number of piperazine rings is 1. The molecule has 7 rings (SSSR count). The zero-order valence-corrected chi connectivity index (χ0v) is 40.4. The van der Waals surface area contributed by atoms with Crippen LogP contribution >= 0.6 is 11.9 Å². The molecule has 1 aromatic heterocycles. The lowest BCUT2D eigenvalue weighted by Crippen LogP contribution is -2.46. The Kier molecular flexibility index (Phi) is 17.2. The molecule has 1 amide bonds. The topological polar surface area (TPSA) is 146 Å². The second-order valence-corrected chi connectivity index (χ2v) is 18.9. The molecule has 2 saturated heterocycles. The second-order valence-electron chi connectivity index (χ2n) is 18.0. The molecule has 2 fully saturated rings. The van der Waals surface area contributed by atoms with Crippen molar-refractivity contribution in [3.05, 3.63) is 118 Å². The number of aliphatic hydroxyl groups is 1. The molecule has 5 aromatic rings. The number of halogens is 1. The molecule has 358 valence electrons. The van der Waals surface area contributed by atoms with Crippen molar-refractivity contribution in [1.29, 1.82) is 0 Å². The van der Waals surface area contributed by atoms with Gasteiger partial charge in [-0.2, -0.15) is 0 Å². The summed E-state index contributed by atoms with van der Waals surface area (Å²) >= 11 is 1.34. The molecule has 0 radical (unpaired) electrons. The number of hydrogen-bond acceptors (Lipinski definition) is 12. The van der Waals surface area contributed by atoms with E-state index in [0.29, 0.717) is 17.8 Å². The Morgan fingerprint density at radius 3 is 2.28 bits per heavy atom. The van der Waals surface area contributed by atoms with Crippen LogP contribution in [0.2, 0.25) is 0 Å². The van der Waals surface area contributed by atoms with Crippen molar-refractivity contribution in [2.75, 3.05) is 106 Å². The average Bonchev–Trinajstić information content (AvgIpc) is 3.60. The Labute approximate surface area is 399 Å². The van der Waals surface area contributed by atoms with Gasteiger partial charge in [-0.15, -0.1) is 0 Å². The molecule has 0 spiro atoms. The molecule has 5 N–H and O–H groups in total. The van der Waals surface area contributed by atoms with Crippen LogP contribution in [0.1, 0.15) is 48.7 Å². The average molecular weight is 935 g/mol. The highest BCUT2D eigenvalue weighted by Gasteiger charge is 2.27. The standard InChI is InChI=1S/C51H67FN10O4S/c1-36(20-26-59-27-21-44(63)22-28-59)55-46-19-18-45(35-47(46)62(65)66)67-56-41-14-16-42(17-15-41)60-30-32-61(33-31-60)43-9-6-8-39(34-43)49-48(51(64)54-24-7-23-53-25-29-57(3)4)37(2)58(5)50(49)38-10-12-40(52)13-11-38/h6,8-19,34-36,44,53,55-56,63H,7,20-33H2,1-5H3,(H,54,64)/t36-/m0/s1. The normalized spacial score (nSPS) is 15.2. The lowest BCUT2D eigenvalue weighted by atomic mass is 9.95. The van der Waals surface area contributed by atoms with Gasteiger partial charge in [-0.25, -0.2) is 4.39 Å². The van der Waals surface area contributed by atoms with E-state index in [2.05, 4.69) is 76.7 Å². The van der Waals surface area contributed by atoms with Gasteiger partial charge in [0, 0.05) is 118 Å². The number of carbonyl (C=O) groups excluding carboxylic acids is 1. The molecule has 2 aliphatic rings. The van der Waals surface area contributed by atoms with Gasteiger partial charge < -0.3 is 49.9 Å². The fourth-order valence-electron chi connectivity index (χ4n) is 8.88. The quantitative estimate of drug-likeness (QED) is 0.0210. The van der Waals surface area contributed by atoms with E-state index in [1.54, 1.807) is 24.3 Å². The van der Waals surface area contributed by atoms with Crippen molar-refractivity contribution >= 4 is 46.3 Å². The van der Waals surface area contributed by atoms with Crippen LogP contribution in [-0.2, 0) is 7.05 Å². The van der Waals surface area contributed by atoms with Crippen LogP contribution in [0.25, 0.3) is 22.4 Å². The van der Waals surface area contributed by atoms with E-state index in [1.165, 1.54) is 24.1 Å². The Bertz CT molecular complexity index is 2420. The molecule has 0 saturated carbocycles. The number of nitrogens with one attached hydrogen (secondary N) is 4. The number of benzene rings is 4. The summed E-state index contributed by atoms with van der Waals surface area (Å²) in [7, 11) is 6.06. The highest BCUT2D eigenvalue weighted by Crippen LogP contribution is 2.40. The number of aromatic nitrogens is 1. The zero-order chi connectivity index (χ0) is 47.5. The van der Waals surface area contributed by atoms with Gasteiger partial charge in [-0.1, -0.05) is 12.1 Å². The van der Waals surface area contributed by atoms with Crippen molar-refractivity contribution in [2.45, 2.75) is 56.6 Å². The molecule has 1 atom stereocenters. The molecule has 0 aliphatic carbocycles. The first kappa shape index (κ1) is 49.3. The van der Waals surface area contributed by atoms with Gasteiger partial charge in [0.05, 0.1) is 22.3 Å². The number of piperidine rings is 1. The predicted octanol–water partition coefficient (Wildman–Crippen LogP) is 8.08. The molecule has 0 unspecified atom stereocenters. The van der Waals surface area contributed by atoms with E-state index in [9.17, 15) is 24.4 Å². The SMILES string of the molecule is Cc1c(C(=O)NCCCNCCN(C)C)c(-c2cccc(N3CCN(c4ccc(NSc5ccc(N[C@@H](C)CCN6CCC(O)CC6)c([N+](=O)[O-])c5)cc4)CC3)c2)c(-c2ccc(F)cc2)n1C. The number of rotatable bonds is 21. The predicted molar refractivity (Wildman–Crippen MR) is 272 cm³/mol. The van der Waals surface area contributed by atoms with Gasteiger partial charge in [0.2, 0.25) is 0 Å². The molecule has 0 bridgehead atoms. The molecule has 14 nitrogen and oxygen atoms in total. The van der Waals surface area contributed by atoms with E-state index in [0.717, 1.165) is 141 Å². The molecule has 3 heterocycles. The van der Waals surface area contributed by atoms with E-state index >= 15 is 0 Å². The molecular weight excluding hydrogens is 868 g/mol. The van der Waals surface area contributed by atoms with E-state index < -0.39 is 0 Å². The number of nitrogens with zero attached hydrogens (tertiary/aromatic N) is 6. The monoisotopic (exact) mass is 935 g/mol. The van der Waals surface area contributed by atoms with Crippen molar-refractivity contribution in [3.8, 4) is 22.4 Å². The molecule has 2 aliphatic heterocycles. The second kappa shape index (κ2) is 23.4. The minimum Gasteiger partial charge on any atom is -0.393 e. The number of nitro groups is 1. The van der Waals surface area contributed by atoms with Crippen LogP contribution in [0.4, 0.5) is 32.8 Å². The van der Waals surface area contributed by atoms with E-state index in [4.69, 9.17) is 0 Å². The molecular formula is C51H67FN10O4S. The molecule has 67 heavy (non-hydrogen) atoms. The summed E-state index contributed by atoms with van der Waals surface area (Å²) < 4.78 is 19.5. The summed E-state index contributed by atoms with van der Waals surface area (Å²) in [5.74, 6) is -0.433. The van der Waals surface area contributed by atoms with Crippen LogP contribution in [0.5, 0.6) is 0 Å². The summed E-state index contributed by atoms with van der Waals surface area (Å²) in [6, 6.07) is 28.5. The van der Waals surface area contributed by atoms with Crippen LogP contribution < -0.4 is 30.5 Å². The maximum Gasteiger partial charge on any atom is 0.293 e. The highest BCUT2D eigenvalue weighted by atomic mass is 32.2. The van der Waals surface area contributed by atoms with Gasteiger partial charge in [0.1, 0.15) is 11.5 Å². The Balaban J connectivity index is 0.960. The fourth-order valence-corrected chi connectivity index (χ4v) is 9.56. The summed E-state index contributed by atoms with van der Waals surface area (Å²) in [5, 5.41) is 31.8. The van der Waals surface area contributed by atoms with Gasteiger partial charge in [-0.05, 0) is 156 Å². The first-order valence-corrected chi connectivity index (χ1v) is 24.3. The summed E-state index contributed by atoms with van der Waals surface area (Å²) in [5.41, 5.74) is 8.57. The summed E-state index contributed by atoms with van der Waals surface area (Å²) in [6.45, 7) is 13.1. The first-order chi connectivity index (χ1) is 32.3. The van der Waals surface area contributed by atoms with Gasteiger partial charge in [0.15, 0.2) is 0 Å². The minimum absolute atomic E-state index is 0.0454. The number of nitro benzene ring substituents is 1. The Hall–Kier alpha value is -5.65. The van der Waals surface area contributed by atoms with E-state index in [-0.39, 0.29) is 34.5 Å². The summed E-state index contributed by atoms with van der Waals surface area (Å²) in [4.78, 5) is 35.8. The maximum atomic E-state index is 14.1. The number of anilines is 4. The largest absolute Gasteiger partial charge is 0.393 e.